The summed E-state index contributed by atoms with van der Waals surface area (Å²) < 4.78 is 48.2. The van der Waals surface area contributed by atoms with Gasteiger partial charge in [-0.3, -0.25) is 4.90 Å². The molecule has 0 bridgehead atoms. The summed E-state index contributed by atoms with van der Waals surface area (Å²) >= 11 is 5.74. The lowest BCUT2D eigenvalue weighted by atomic mass is 10.2. The van der Waals surface area contributed by atoms with Crippen LogP contribution < -0.4 is 10.0 Å². The fraction of sp³-hybridized carbons (Fsp3) is 0. The van der Waals surface area contributed by atoms with Gasteiger partial charge >= 0.3 is 10.2 Å². The van der Waals surface area contributed by atoms with Crippen LogP contribution in [0.4, 0.5) is 24.4 Å². The van der Waals surface area contributed by atoms with Crippen molar-refractivity contribution in [3.63, 3.8) is 0 Å². The van der Waals surface area contributed by atoms with E-state index < -0.39 is 32.7 Å². The van der Waals surface area contributed by atoms with Gasteiger partial charge in [0.25, 0.3) is 0 Å². The lowest BCUT2D eigenvalue weighted by Gasteiger charge is -2.25. The highest BCUT2D eigenvalue weighted by molar-refractivity contribution is 7.86. The van der Waals surface area contributed by atoms with Crippen LogP contribution >= 0.6 is 11.6 Å². The Morgan fingerprint density at radius 2 is 1.86 bits per heavy atom. The highest BCUT2D eigenvalue weighted by Crippen LogP contribution is 2.31. The van der Waals surface area contributed by atoms with E-state index in [1.807, 2.05) is 0 Å². The molecular formula is C13H7ClF2NO4S-. The third kappa shape index (κ3) is 3.34. The van der Waals surface area contributed by atoms with Crippen LogP contribution in [0.15, 0.2) is 47.4 Å². The van der Waals surface area contributed by atoms with Gasteiger partial charge < -0.3 is 9.90 Å². The molecule has 0 saturated heterocycles. The van der Waals surface area contributed by atoms with Gasteiger partial charge in [-0.05, 0) is 36.4 Å². The average molecular weight is 347 g/mol. The van der Waals surface area contributed by atoms with Gasteiger partial charge in [-0.2, -0.15) is 8.42 Å². The van der Waals surface area contributed by atoms with E-state index in [1.165, 1.54) is 24.3 Å². The number of carbonyl (C=O) groups excluding carboxylic acids is 1. The third-order valence-corrected chi connectivity index (χ3v) is 3.74. The van der Waals surface area contributed by atoms with Crippen molar-refractivity contribution in [2.75, 3.05) is 4.90 Å². The Labute approximate surface area is 129 Å². The molecule has 0 atom stereocenters. The molecule has 1 amide bonds. The molecule has 0 aliphatic carbocycles. The van der Waals surface area contributed by atoms with E-state index >= 15 is 0 Å². The van der Waals surface area contributed by atoms with Crippen molar-refractivity contribution in [1.29, 1.82) is 0 Å². The molecule has 2 aromatic carbocycles. The summed E-state index contributed by atoms with van der Waals surface area (Å²) in [5.74, 6) is -1.25. The van der Waals surface area contributed by atoms with E-state index in [9.17, 15) is 26.6 Å². The molecule has 0 spiro atoms. The second kappa shape index (κ2) is 5.90. The standard InChI is InChI=1S/C13H8ClF2NO4S/c14-8-2-1-3-9(6-8)17(13(18)19)12-5-4-10(7-11(12)15)22(16,20)21/h1-7H,(H,18,19)/p-1. The quantitative estimate of drug-likeness (QED) is 0.800. The lowest BCUT2D eigenvalue weighted by Crippen LogP contribution is -2.38. The van der Waals surface area contributed by atoms with Crippen LogP contribution in [0.1, 0.15) is 0 Å². The van der Waals surface area contributed by atoms with Crippen molar-refractivity contribution in [1.82, 2.24) is 0 Å². The summed E-state index contributed by atoms with van der Waals surface area (Å²) in [5, 5.41) is 11.5. The Morgan fingerprint density at radius 1 is 1.18 bits per heavy atom. The summed E-state index contributed by atoms with van der Waals surface area (Å²) in [6.45, 7) is 0. The number of anilines is 2. The molecule has 0 fully saturated rings. The molecule has 0 N–H and O–H groups in total. The molecule has 2 aromatic rings. The molecule has 0 aliphatic heterocycles. The zero-order valence-electron chi connectivity index (χ0n) is 10.7. The number of benzene rings is 2. The van der Waals surface area contributed by atoms with E-state index in [4.69, 9.17) is 11.6 Å². The van der Waals surface area contributed by atoms with Crippen molar-refractivity contribution < 1.29 is 26.6 Å². The molecule has 0 aliphatic rings. The van der Waals surface area contributed by atoms with Gasteiger partial charge in [0.1, 0.15) is 16.8 Å². The van der Waals surface area contributed by atoms with Gasteiger partial charge in [-0.15, -0.1) is 3.89 Å². The Kier molecular flexibility index (Phi) is 4.34. The molecule has 9 heteroatoms. The van der Waals surface area contributed by atoms with Gasteiger partial charge in [-0.1, -0.05) is 17.7 Å². The minimum Gasteiger partial charge on any atom is -0.529 e. The lowest BCUT2D eigenvalue weighted by molar-refractivity contribution is -0.245. The number of hydrogen-bond acceptors (Lipinski definition) is 4. The van der Waals surface area contributed by atoms with Crippen molar-refractivity contribution in [2.24, 2.45) is 0 Å². The van der Waals surface area contributed by atoms with Crippen molar-refractivity contribution in [3.05, 3.63) is 53.3 Å². The van der Waals surface area contributed by atoms with Crippen LogP contribution in [0.2, 0.25) is 5.02 Å². The number of hydrogen-bond donors (Lipinski definition) is 0. The van der Waals surface area contributed by atoms with Gasteiger partial charge in [0.05, 0.1) is 5.69 Å². The highest BCUT2D eigenvalue weighted by atomic mass is 35.5. The normalized spacial score (nSPS) is 11.2. The Bertz CT molecular complexity index is 842. The molecule has 0 aromatic heterocycles. The van der Waals surface area contributed by atoms with E-state index in [-0.39, 0.29) is 10.7 Å². The van der Waals surface area contributed by atoms with Crippen molar-refractivity contribution in [3.8, 4) is 0 Å². The average Bonchev–Trinajstić information content (AvgIpc) is 2.39. The van der Waals surface area contributed by atoms with Gasteiger partial charge in [0.15, 0.2) is 0 Å². The predicted octanol–water partition coefficient (Wildman–Crippen LogP) is 2.62. The van der Waals surface area contributed by atoms with E-state index in [0.717, 1.165) is 12.1 Å². The predicted molar refractivity (Wildman–Crippen MR) is 73.7 cm³/mol. The summed E-state index contributed by atoms with van der Waals surface area (Å²) in [6.07, 6.45) is -1.77. The topological polar surface area (TPSA) is 77.5 Å². The first-order valence-electron chi connectivity index (χ1n) is 5.71. The largest absolute Gasteiger partial charge is 0.529 e. The van der Waals surface area contributed by atoms with Gasteiger partial charge in [-0.25, -0.2) is 4.39 Å². The van der Waals surface area contributed by atoms with Crippen molar-refractivity contribution in [2.45, 2.75) is 4.90 Å². The molecule has 116 valence electrons. The molecule has 2 rings (SSSR count). The Balaban J connectivity index is 2.58. The monoisotopic (exact) mass is 346 g/mol. The van der Waals surface area contributed by atoms with Crippen LogP contribution in [-0.2, 0) is 10.2 Å². The maximum Gasteiger partial charge on any atom is 0.332 e. The van der Waals surface area contributed by atoms with E-state index in [2.05, 4.69) is 0 Å². The molecule has 5 nitrogen and oxygen atoms in total. The first-order valence-corrected chi connectivity index (χ1v) is 7.47. The number of amides is 1. The zero-order chi connectivity index (χ0) is 16.5. The number of halogens is 3. The molecule has 0 unspecified atom stereocenters. The Hall–Kier alpha value is -2.19. The van der Waals surface area contributed by atoms with Crippen molar-refractivity contribution >= 4 is 39.3 Å². The molecule has 0 radical (unpaired) electrons. The molecular weight excluding hydrogens is 340 g/mol. The van der Waals surface area contributed by atoms with Crippen LogP contribution in [0.25, 0.3) is 0 Å². The summed E-state index contributed by atoms with van der Waals surface area (Å²) in [4.78, 5) is 10.8. The van der Waals surface area contributed by atoms with E-state index in [1.54, 1.807) is 0 Å². The van der Waals surface area contributed by atoms with E-state index in [0.29, 0.717) is 11.0 Å². The van der Waals surface area contributed by atoms with Crippen LogP contribution in [0.5, 0.6) is 0 Å². The number of nitrogens with zero attached hydrogens (tertiary/aromatic N) is 1. The first kappa shape index (κ1) is 16.2. The molecule has 0 heterocycles. The fourth-order valence-electron chi connectivity index (χ4n) is 1.78. The first-order chi connectivity index (χ1) is 10.2. The number of carboxylic acid groups (broad SMARTS) is 1. The van der Waals surface area contributed by atoms with Crippen LogP contribution in [-0.4, -0.2) is 14.5 Å². The summed E-state index contributed by atoms with van der Waals surface area (Å²) in [5.41, 5.74) is -0.531. The summed E-state index contributed by atoms with van der Waals surface area (Å²) in [7, 11) is -5.10. The maximum atomic E-state index is 14.0. The second-order valence-electron chi connectivity index (χ2n) is 4.13. The van der Waals surface area contributed by atoms with Crippen LogP contribution in [0, 0.1) is 5.82 Å². The number of carbonyl (C=O) groups is 1. The SMILES string of the molecule is O=C([O-])N(c1cccc(Cl)c1)c1ccc(S(=O)(=O)F)cc1F. The Morgan fingerprint density at radius 3 is 2.36 bits per heavy atom. The highest BCUT2D eigenvalue weighted by Gasteiger charge is 2.19. The molecule has 0 saturated carbocycles. The van der Waals surface area contributed by atoms with Gasteiger partial charge in [0, 0.05) is 10.7 Å². The van der Waals surface area contributed by atoms with Crippen LogP contribution in [0.3, 0.4) is 0 Å². The third-order valence-electron chi connectivity index (χ3n) is 2.69. The summed E-state index contributed by atoms with van der Waals surface area (Å²) in [6, 6.07) is 7.44. The second-order valence-corrected chi connectivity index (χ2v) is 5.92. The maximum absolute atomic E-state index is 14.0. The number of rotatable bonds is 3. The minimum atomic E-state index is -5.10. The zero-order valence-corrected chi connectivity index (χ0v) is 12.2. The molecule has 22 heavy (non-hydrogen) atoms. The minimum absolute atomic E-state index is 0.0118. The fourth-order valence-corrected chi connectivity index (χ4v) is 2.44. The van der Waals surface area contributed by atoms with Gasteiger partial charge in [0.2, 0.25) is 0 Å². The smallest absolute Gasteiger partial charge is 0.332 e.